The van der Waals surface area contributed by atoms with E-state index in [1.165, 1.54) is 0 Å². The van der Waals surface area contributed by atoms with Gasteiger partial charge in [0.2, 0.25) is 0 Å². The van der Waals surface area contributed by atoms with E-state index in [-0.39, 0.29) is 18.6 Å². The van der Waals surface area contributed by atoms with Gasteiger partial charge in [-0.25, -0.2) is 0 Å². The van der Waals surface area contributed by atoms with Gasteiger partial charge in [-0.3, -0.25) is 0 Å². The molecule has 0 heterocycles. The van der Waals surface area contributed by atoms with Gasteiger partial charge in [0.05, 0.1) is 45.1 Å². The van der Waals surface area contributed by atoms with Crippen molar-refractivity contribution in [1.82, 2.24) is 0 Å². The van der Waals surface area contributed by atoms with Crippen molar-refractivity contribution in [1.29, 1.82) is 0 Å². The molecule has 1 aliphatic carbocycles. The fourth-order valence-corrected chi connectivity index (χ4v) is 5.45. The lowest BCUT2D eigenvalue weighted by Crippen LogP contribution is -2.50. The number of benzene rings is 4. The minimum atomic E-state index is -0.771. The maximum atomic E-state index is 8.45. The van der Waals surface area contributed by atoms with Crippen molar-refractivity contribution < 1.29 is 24.1 Å². The third-order valence-electron chi connectivity index (χ3n) is 7.54. The highest BCUT2D eigenvalue weighted by Gasteiger charge is 2.57. The van der Waals surface area contributed by atoms with Crippen LogP contribution in [0, 0.1) is 5.92 Å². The normalized spacial score (nSPS) is 22.4. The molecule has 0 saturated heterocycles. The Morgan fingerprint density at radius 1 is 0.575 bits per heavy atom. The van der Waals surface area contributed by atoms with Gasteiger partial charge in [-0.15, -0.1) is 0 Å². The number of hydrogen-bond acceptors (Lipinski definition) is 4. The van der Waals surface area contributed by atoms with Crippen LogP contribution in [0.1, 0.15) is 28.7 Å². The van der Waals surface area contributed by atoms with Gasteiger partial charge in [0.1, 0.15) is 18.3 Å². The molecule has 0 aromatic heterocycles. The van der Waals surface area contributed by atoms with Crippen molar-refractivity contribution in [3.63, 3.8) is 0 Å². The van der Waals surface area contributed by atoms with E-state index < -0.39 is 11.7 Å². The van der Waals surface area contributed by atoms with Crippen LogP contribution in [0.5, 0.6) is 0 Å². The minimum absolute atomic E-state index is 0.0550. The van der Waals surface area contributed by atoms with Gasteiger partial charge in [0.15, 0.2) is 0 Å². The monoisotopic (exact) mass is 539 g/mol. The highest BCUT2D eigenvalue weighted by molar-refractivity contribution is 5.18. The molecule has 0 aliphatic heterocycles. The smallest absolute Gasteiger partial charge is 0.149 e. The van der Waals surface area contributed by atoms with E-state index in [0.717, 1.165) is 22.3 Å². The van der Waals surface area contributed by atoms with E-state index >= 15 is 0 Å². The molecule has 2 N–H and O–H groups in total. The summed E-state index contributed by atoms with van der Waals surface area (Å²) in [5, 5.41) is 8.45. The second-order valence-corrected chi connectivity index (χ2v) is 10.5. The zero-order valence-electron chi connectivity index (χ0n) is 22.9. The van der Waals surface area contributed by atoms with E-state index in [2.05, 4.69) is 48.5 Å². The van der Waals surface area contributed by atoms with Crippen LogP contribution < -0.4 is 0 Å². The second kappa shape index (κ2) is 14.4. The Hall–Kier alpha value is -3.32. The average Bonchev–Trinajstić information content (AvgIpc) is 3.32. The molecule has 5 nitrogen and oxygen atoms in total. The first-order valence-corrected chi connectivity index (χ1v) is 14.0. The molecule has 5 rings (SSSR count). The highest BCUT2D eigenvalue weighted by atomic mass is 16.6. The summed E-state index contributed by atoms with van der Waals surface area (Å²) in [6.07, 6.45) is -0.0967. The van der Waals surface area contributed by atoms with Crippen LogP contribution in [0.25, 0.3) is 0 Å². The molecule has 4 atom stereocenters. The third-order valence-corrected chi connectivity index (χ3v) is 7.54. The van der Waals surface area contributed by atoms with Gasteiger partial charge >= 0.3 is 0 Å². The lowest BCUT2D eigenvalue weighted by Gasteiger charge is -2.37. The van der Waals surface area contributed by atoms with Gasteiger partial charge in [0.25, 0.3) is 0 Å². The van der Waals surface area contributed by atoms with Crippen LogP contribution in [-0.2, 0) is 45.4 Å². The topological polar surface area (TPSA) is 59.8 Å². The summed E-state index contributed by atoms with van der Waals surface area (Å²) in [4.78, 5) is 0. The predicted molar refractivity (Wildman–Crippen MR) is 157 cm³/mol. The van der Waals surface area contributed by atoms with Crippen molar-refractivity contribution in [2.45, 2.75) is 50.7 Å². The van der Waals surface area contributed by atoms with Crippen molar-refractivity contribution in [3.8, 4) is 0 Å². The molecule has 208 valence electrons. The zero-order chi connectivity index (χ0) is 27.5. The maximum absolute atomic E-state index is 8.45. The summed E-state index contributed by atoms with van der Waals surface area (Å²) in [6, 6.07) is 40.7. The Kier molecular flexibility index (Phi) is 10.1. The van der Waals surface area contributed by atoms with Crippen LogP contribution >= 0.6 is 0 Å². The lowest BCUT2D eigenvalue weighted by molar-refractivity contribution is -0.196. The fraction of sp³-hybridized carbons (Fsp3) is 0.314. The summed E-state index contributed by atoms with van der Waals surface area (Å²) in [6.45, 7) is 2.35. The molecule has 0 spiro atoms. The first-order chi connectivity index (χ1) is 19.8. The van der Waals surface area contributed by atoms with Gasteiger partial charge in [-0.2, -0.15) is 0 Å². The van der Waals surface area contributed by atoms with Crippen molar-refractivity contribution >= 4 is 0 Å². The molecular formula is C35H39O5+. The summed E-state index contributed by atoms with van der Waals surface area (Å²) in [7, 11) is 0. The van der Waals surface area contributed by atoms with Crippen LogP contribution in [0.15, 0.2) is 121 Å². The van der Waals surface area contributed by atoms with Crippen molar-refractivity contribution in [2.24, 2.45) is 5.92 Å². The number of rotatable bonds is 14. The van der Waals surface area contributed by atoms with Gasteiger partial charge < -0.3 is 24.1 Å². The third kappa shape index (κ3) is 7.45. The number of ether oxygens (including phenoxy) is 4. The Balaban J connectivity index is 1.42. The number of hydrogen-bond donors (Lipinski definition) is 0. The van der Waals surface area contributed by atoms with Crippen LogP contribution in [0.4, 0.5) is 0 Å². The van der Waals surface area contributed by atoms with Gasteiger partial charge in [0, 0.05) is 0 Å². The van der Waals surface area contributed by atoms with Crippen LogP contribution in [0.2, 0.25) is 0 Å². The van der Waals surface area contributed by atoms with Gasteiger partial charge in [-0.05, 0) is 28.7 Å². The van der Waals surface area contributed by atoms with E-state index in [1.807, 2.05) is 72.8 Å². The Bertz CT molecular complexity index is 1250. The minimum Gasteiger partial charge on any atom is -0.445 e. The molecule has 0 radical (unpaired) electrons. The Morgan fingerprint density at radius 3 is 1.52 bits per heavy atom. The largest absolute Gasteiger partial charge is 0.445 e. The maximum Gasteiger partial charge on any atom is 0.149 e. The summed E-state index contributed by atoms with van der Waals surface area (Å²) >= 11 is 0. The van der Waals surface area contributed by atoms with Crippen LogP contribution in [0.3, 0.4) is 0 Å². The van der Waals surface area contributed by atoms with E-state index in [4.69, 9.17) is 24.1 Å². The van der Waals surface area contributed by atoms with E-state index in [0.29, 0.717) is 39.5 Å². The van der Waals surface area contributed by atoms with Gasteiger partial charge in [-0.1, -0.05) is 121 Å². The first-order valence-electron chi connectivity index (χ1n) is 14.0. The predicted octanol–water partition coefficient (Wildman–Crippen LogP) is 6.07. The van der Waals surface area contributed by atoms with Crippen LogP contribution in [-0.4, -0.2) is 36.1 Å². The summed E-state index contributed by atoms with van der Waals surface area (Å²) < 4.78 is 26.5. The highest BCUT2D eigenvalue weighted by Crippen LogP contribution is 2.43. The molecule has 1 saturated carbocycles. The fourth-order valence-electron chi connectivity index (χ4n) is 5.45. The molecule has 5 heteroatoms. The lowest BCUT2D eigenvalue weighted by atomic mass is 9.98. The summed E-state index contributed by atoms with van der Waals surface area (Å²) in [5.41, 5.74) is 3.60. The summed E-state index contributed by atoms with van der Waals surface area (Å²) in [5.74, 6) is -0.0550. The molecule has 1 aliphatic rings. The molecule has 1 fully saturated rings. The molecule has 4 aromatic rings. The average molecular weight is 540 g/mol. The van der Waals surface area contributed by atoms with E-state index in [9.17, 15) is 0 Å². The standard InChI is InChI=1S/C35H38O5/c36-22-32-21-35(40-26-31-19-11-4-12-20-31,27-37-23-28-13-5-1-6-14-28)34(39-25-30-17-9-3-10-18-30)33(32)38-24-29-15-7-2-8-16-29/h1-20,32-34,36H,21-27H2/p+1/t32-,33-,34+,35+/m1/s1. The molecule has 0 amide bonds. The quantitative estimate of drug-likeness (QED) is 0.182. The molecule has 40 heavy (non-hydrogen) atoms. The zero-order valence-corrected chi connectivity index (χ0v) is 22.9. The molecular weight excluding hydrogens is 500 g/mol. The van der Waals surface area contributed by atoms with Crippen molar-refractivity contribution in [3.05, 3.63) is 144 Å². The second-order valence-electron chi connectivity index (χ2n) is 10.5. The van der Waals surface area contributed by atoms with E-state index in [1.54, 1.807) is 0 Å². The Labute approximate surface area is 237 Å². The molecule has 0 bridgehead atoms. The Morgan fingerprint density at radius 2 is 1.02 bits per heavy atom. The van der Waals surface area contributed by atoms with Crippen molar-refractivity contribution in [2.75, 3.05) is 13.2 Å². The SMILES string of the molecule is [OH2+]C[C@H]1C[C@@](COCc2ccccc2)(OCc2ccccc2)[C@@H](OCc2ccccc2)[C@@H]1OCc1ccccc1. The first kappa shape index (κ1) is 28.2. The molecule has 0 unspecified atom stereocenters. The molecule has 4 aromatic carbocycles.